The molecular weight excluding hydrogens is 228 g/mol. The third-order valence-corrected chi connectivity index (χ3v) is 3.56. The van der Waals surface area contributed by atoms with Gasteiger partial charge in [0.2, 0.25) is 0 Å². The molecule has 0 bridgehead atoms. The minimum Gasteiger partial charge on any atom is -0.394 e. The fraction of sp³-hybridized carbons (Fsp3) is 1.00. The Kier molecular flexibility index (Phi) is 10.5. The lowest BCUT2D eigenvalue weighted by atomic mass is 10.1. The maximum Gasteiger partial charge on any atom is 0.109 e. The number of aliphatic hydroxyl groups excluding tert-OH is 4. The van der Waals surface area contributed by atoms with Gasteiger partial charge in [-0.05, 0) is 12.2 Å². The number of hydrogen-bond acceptors (Lipinski definition) is 5. The zero-order valence-electron chi connectivity index (χ0n) is 9.88. The number of thioether (sulfide) groups is 1. The molecule has 4 N–H and O–H groups in total. The Morgan fingerprint density at radius 1 is 1.00 bits per heavy atom. The van der Waals surface area contributed by atoms with Crippen molar-refractivity contribution in [1.82, 2.24) is 0 Å². The van der Waals surface area contributed by atoms with Gasteiger partial charge < -0.3 is 20.4 Å². The van der Waals surface area contributed by atoms with Crippen molar-refractivity contribution in [2.45, 2.75) is 50.9 Å². The molecule has 0 rings (SSSR count). The van der Waals surface area contributed by atoms with E-state index < -0.39 is 24.9 Å². The molecule has 0 amide bonds. The Morgan fingerprint density at radius 2 is 1.69 bits per heavy atom. The molecule has 16 heavy (non-hydrogen) atoms. The van der Waals surface area contributed by atoms with E-state index in [4.69, 9.17) is 10.2 Å². The van der Waals surface area contributed by atoms with Crippen molar-refractivity contribution in [2.24, 2.45) is 0 Å². The quantitative estimate of drug-likeness (QED) is 0.423. The van der Waals surface area contributed by atoms with Crippen molar-refractivity contribution in [2.75, 3.05) is 18.1 Å². The third-order valence-electron chi connectivity index (χ3n) is 2.41. The molecule has 3 atom stereocenters. The topological polar surface area (TPSA) is 80.9 Å². The second kappa shape index (κ2) is 10.4. The molecule has 3 unspecified atom stereocenters. The summed E-state index contributed by atoms with van der Waals surface area (Å²) in [5.41, 5.74) is 0. The molecule has 0 aliphatic heterocycles. The minimum atomic E-state index is -1.26. The molecule has 98 valence electrons. The maximum absolute atomic E-state index is 9.48. The summed E-state index contributed by atoms with van der Waals surface area (Å²) in [6, 6.07) is 0. The van der Waals surface area contributed by atoms with E-state index >= 15 is 0 Å². The molecule has 5 heteroatoms. The maximum atomic E-state index is 9.48. The Morgan fingerprint density at radius 3 is 2.25 bits per heavy atom. The smallest absolute Gasteiger partial charge is 0.109 e. The van der Waals surface area contributed by atoms with Crippen LogP contribution in [0.1, 0.15) is 32.6 Å². The first-order valence-corrected chi connectivity index (χ1v) is 7.01. The lowest BCUT2D eigenvalue weighted by molar-refractivity contribution is -0.0683. The standard InChI is InChI=1S/C11H24O4S/c1-2-3-4-5-6-16-8-10(14)11(15)9(13)7-12/h9-15H,2-8H2,1H3. The number of rotatable bonds is 10. The summed E-state index contributed by atoms with van der Waals surface area (Å²) in [6.45, 7) is 1.63. The van der Waals surface area contributed by atoms with Crippen LogP contribution in [0.2, 0.25) is 0 Å². The molecule has 0 spiro atoms. The van der Waals surface area contributed by atoms with E-state index in [-0.39, 0.29) is 0 Å². The van der Waals surface area contributed by atoms with Gasteiger partial charge in [-0.3, -0.25) is 0 Å². The first kappa shape index (κ1) is 16.2. The molecule has 0 saturated carbocycles. The van der Waals surface area contributed by atoms with Gasteiger partial charge in [0.25, 0.3) is 0 Å². The Balaban J connectivity index is 3.45. The van der Waals surface area contributed by atoms with Gasteiger partial charge in [0, 0.05) is 5.75 Å². The molecule has 0 aromatic rings. The van der Waals surface area contributed by atoms with Crippen molar-refractivity contribution >= 4 is 11.8 Å². The van der Waals surface area contributed by atoms with E-state index in [0.29, 0.717) is 5.75 Å². The summed E-state index contributed by atoms with van der Waals surface area (Å²) in [7, 11) is 0. The molecule has 0 saturated heterocycles. The summed E-state index contributed by atoms with van der Waals surface area (Å²) in [5, 5.41) is 36.5. The molecule has 0 heterocycles. The van der Waals surface area contributed by atoms with Crippen LogP contribution in [0.25, 0.3) is 0 Å². The van der Waals surface area contributed by atoms with Gasteiger partial charge in [0.1, 0.15) is 12.2 Å². The van der Waals surface area contributed by atoms with E-state index in [1.807, 2.05) is 0 Å². The SMILES string of the molecule is CCCCCCSCC(O)C(O)C(O)CO. The van der Waals surface area contributed by atoms with Crippen molar-refractivity contribution in [3.63, 3.8) is 0 Å². The highest BCUT2D eigenvalue weighted by molar-refractivity contribution is 7.99. The zero-order valence-corrected chi connectivity index (χ0v) is 10.7. The predicted molar refractivity (Wildman–Crippen MR) is 66.6 cm³/mol. The van der Waals surface area contributed by atoms with E-state index in [1.165, 1.54) is 19.3 Å². The van der Waals surface area contributed by atoms with Crippen LogP contribution in [-0.2, 0) is 0 Å². The van der Waals surface area contributed by atoms with Crippen LogP contribution in [0.3, 0.4) is 0 Å². The number of aliphatic hydroxyl groups is 4. The van der Waals surface area contributed by atoms with E-state index in [2.05, 4.69) is 6.92 Å². The number of unbranched alkanes of at least 4 members (excludes halogenated alkanes) is 3. The van der Waals surface area contributed by atoms with Gasteiger partial charge in [0.15, 0.2) is 0 Å². The van der Waals surface area contributed by atoms with Gasteiger partial charge >= 0.3 is 0 Å². The van der Waals surface area contributed by atoms with Crippen LogP contribution in [0.4, 0.5) is 0 Å². The van der Waals surface area contributed by atoms with E-state index in [9.17, 15) is 10.2 Å². The molecule has 0 aliphatic rings. The molecule has 0 radical (unpaired) electrons. The van der Waals surface area contributed by atoms with Gasteiger partial charge in [-0.15, -0.1) is 0 Å². The van der Waals surface area contributed by atoms with E-state index in [0.717, 1.165) is 12.2 Å². The summed E-state index contributed by atoms with van der Waals surface area (Å²) < 4.78 is 0. The Labute approximate surface area is 102 Å². The Hall–Kier alpha value is 0.190. The van der Waals surface area contributed by atoms with E-state index in [1.54, 1.807) is 11.8 Å². The van der Waals surface area contributed by atoms with Crippen molar-refractivity contribution < 1.29 is 20.4 Å². The van der Waals surface area contributed by atoms with Gasteiger partial charge in [0.05, 0.1) is 12.7 Å². The summed E-state index contributed by atoms with van der Waals surface area (Å²) in [4.78, 5) is 0. The van der Waals surface area contributed by atoms with Crippen LogP contribution in [0.15, 0.2) is 0 Å². The van der Waals surface area contributed by atoms with Crippen LogP contribution < -0.4 is 0 Å². The monoisotopic (exact) mass is 252 g/mol. The zero-order chi connectivity index (χ0) is 12.4. The minimum absolute atomic E-state index is 0.393. The predicted octanol–water partition coefficient (Wildman–Crippen LogP) is 0.375. The third kappa shape index (κ3) is 7.46. The fourth-order valence-electron chi connectivity index (χ4n) is 1.30. The summed E-state index contributed by atoms with van der Waals surface area (Å²) >= 11 is 1.57. The van der Waals surface area contributed by atoms with Crippen molar-refractivity contribution in [1.29, 1.82) is 0 Å². The summed E-state index contributed by atoms with van der Waals surface area (Å²) in [5.74, 6) is 1.35. The largest absolute Gasteiger partial charge is 0.394 e. The molecule has 0 aromatic carbocycles. The highest BCUT2D eigenvalue weighted by Gasteiger charge is 2.23. The summed E-state index contributed by atoms with van der Waals surface area (Å²) in [6.07, 6.45) is 1.26. The fourth-order valence-corrected chi connectivity index (χ4v) is 2.31. The normalized spacial score (nSPS) is 17.1. The van der Waals surface area contributed by atoms with Gasteiger partial charge in [-0.2, -0.15) is 11.8 Å². The highest BCUT2D eigenvalue weighted by atomic mass is 32.2. The molecule has 0 aliphatic carbocycles. The average Bonchev–Trinajstić information content (AvgIpc) is 2.31. The lowest BCUT2D eigenvalue weighted by Crippen LogP contribution is -2.40. The van der Waals surface area contributed by atoms with Crippen LogP contribution in [0.5, 0.6) is 0 Å². The number of hydrogen-bond donors (Lipinski definition) is 4. The van der Waals surface area contributed by atoms with Crippen LogP contribution in [0, 0.1) is 0 Å². The first-order valence-electron chi connectivity index (χ1n) is 5.86. The Bertz CT molecular complexity index is 157. The van der Waals surface area contributed by atoms with Crippen molar-refractivity contribution in [3.05, 3.63) is 0 Å². The molecule has 4 nitrogen and oxygen atoms in total. The lowest BCUT2D eigenvalue weighted by Gasteiger charge is -2.21. The first-order chi connectivity index (χ1) is 7.63. The molecule has 0 fully saturated rings. The highest BCUT2D eigenvalue weighted by Crippen LogP contribution is 2.11. The van der Waals surface area contributed by atoms with Gasteiger partial charge in [-0.25, -0.2) is 0 Å². The second-order valence-electron chi connectivity index (χ2n) is 3.94. The average molecular weight is 252 g/mol. The van der Waals surface area contributed by atoms with Crippen LogP contribution in [-0.4, -0.2) is 56.9 Å². The molecular formula is C11H24O4S. The van der Waals surface area contributed by atoms with Crippen LogP contribution >= 0.6 is 11.8 Å². The molecule has 0 aromatic heterocycles. The van der Waals surface area contributed by atoms with Crippen molar-refractivity contribution in [3.8, 4) is 0 Å². The second-order valence-corrected chi connectivity index (χ2v) is 5.09. The van der Waals surface area contributed by atoms with Gasteiger partial charge in [-0.1, -0.05) is 26.2 Å².